The summed E-state index contributed by atoms with van der Waals surface area (Å²) in [6, 6.07) is 4.96. The summed E-state index contributed by atoms with van der Waals surface area (Å²) in [5, 5.41) is 0. The normalized spacial score (nSPS) is 11.1. The van der Waals surface area contributed by atoms with Gasteiger partial charge in [0.25, 0.3) is 0 Å². The summed E-state index contributed by atoms with van der Waals surface area (Å²) in [5.41, 5.74) is 0.479. The fraction of sp³-hybridized carbons (Fsp3) is 0.250. The first-order valence-corrected chi connectivity index (χ1v) is 6.42. The predicted molar refractivity (Wildman–Crippen MR) is 59.2 cm³/mol. The number of halogens is 1. The molecule has 1 aromatic carbocycles. The van der Waals surface area contributed by atoms with Gasteiger partial charge in [0.05, 0.1) is 23.5 Å². The summed E-state index contributed by atoms with van der Waals surface area (Å²) >= 11 is 3.27. The lowest BCUT2D eigenvalue weighted by Gasteiger charge is -2.07. The molecule has 0 bridgehead atoms. The lowest BCUT2D eigenvalue weighted by Crippen LogP contribution is -2.09. The quantitative estimate of drug-likeness (QED) is 0.919. The minimum absolute atomic E-state index is 0.479. The third-order valence-electron chi connectivity index (χ3n) is 1.45. The lowest BCUT2D eigenvalue weighted by molar-refractivity contribution is 0.412. The van der Waals surface area contributed by atoms with Crippen molar-refractivity contribution >= 4 is 31.6 Å². The highest BCUT2D eigenvalue weighted by Gasteiger charge is 2.05. The van der Waals surface area contributed by atoms with Crippen LogP contribution in [0.4, 0.5) is 5.69 Å². The van der Waals surface area contributed by atoms with Crippen LogP contribution < -0.4 is 9.46 Å². The molecule has 0 spiro atoms. The maximum atomic E-state index is 10.9. The van der Waals surface area contributed by atoms with E-state index in [1.165, 1.54) is 7.11 Å². The standard InChI is InChI=1S/C8H10BrNO3S/c1-13-8-5-6(3-4-7(8)9)10-14(2,11)12/h3-5,10H,1-2H3. The highest BCUT2D eigenvalue weighted by Crippen LogP contribution is 2.27. The van der Waals surface area contributed by atoms with E-state index in [1.807, 2.05) is 0 Å². The van der Waals surface area contributed by atoms with Gasteiger partial charge < -0.3 is 4.74 Å². The van der Waals surface area contributed by atoms with Gasteiger partial charge in [0.15, 0.2) is 0 Å². The van der Waals surface area contributed by atoms with Gasteiger partial charge in [-0.25, -0.2) is 8.42 Å². The molecule has 14 heavy (non-hydrogen) atoms. The maximum Gasteiger partial charge on any atom is 0.229 e. The zero-order valence-corrected chi connectivity index (χ0v) is 10.1. The van der Waals surface area contributed by atoms with Crippen LogP contribution in [0.5, 0.6) is 5.75 Å². The van der Waals surface area contributed by atoms with E-state index in [9.17, 15) is 8.42 Å². The largest absolute Gasteiger partial charge is 0.495 e. The molecule has 0 aliphatic carbocycles. The Kier molecular flexibility index (Phi) is 3.38. The monoisotopic (exact) mass is 279 g/mol. The summed E-state index contributed by atoms with van der Waals surface area (Å²) in [4.78, 5) is 0. The van der Waals surface area contributed by atoms with Crippen molar-refractivity contribution < 1.29 is 13.2 Å². The van der Waals surface area contributed by atoms with Gasteiger partial charge in [-0.3, -0.25) is 4.72 Å². The van der Waals surface area contributed by atoms with Gasteiger partial charge in [0.2, 0.25) is 10.0 Å². The number of methoxy groups -OCH3 is 1. The fourth-order valence-corrected chi connectivity index (χ4v) is 1.90. The van der Waals surface area contributed by atoms with Crippen molar-refractivity contribution in [2.75, 3.05) is 18.1 Å². The van der Waals surface area contributed by atoms with Gasteiger partial charge >= 0.3 is 0 Å². The predicted octanol–water partition coefficient (Wildman–Crippen LogP) is 1.83. The Morgan fingerprint density at radius 1 is 1.43 bits per heavy atom. The molecule has 0 fully saturated rings. The van der Waals surface area contributed by atoms with Crippen LogP contribution >= 0.6 is 15.9 Å². The molecular weight excluding hydrogens is 270 g/mol. The van der Waals surface area contributed by atoms with Gasteiger partial charge in [0.1, 0.15) is 5.75 Å². The lowest BCUT2D eigenvalue weighted by atomic mass is 10.3. The van der Waals surface area contributed by atoms with Gasteiger partial charge in [-0.15, -0.1) is 0 Å². The van der Waals surface area contributed by atoms with Gasteiger partial charge in [-0.1, -0.05) is 0 Å². The van der Waals surface area contributed by atoms with E-state index in [2.05, 4.69) is 20.7 Å². The van der Waals surface area contributed by atoms with Crippen molar-refractivity contribution in [1.29, 1.82) is 0 Å². The van der Waals surface area contributed by atoms with Crippen LogP contribution in [0, 0.1) is 0 Å². The number of ether oxygens (including phenoxy) is 1. The van der Waals surface area contributed by atoms with E-state index >= 15 is 0 Å². The van der Waals surface area contributed by atoms with Crippen LogP contribution in [0.25, 0.3) is 0 Å². The Morgan fingerprint density at radius 2 is 2.07 bits per heavy atom. The molecule has 78 valence electrons. The molecule has 4 nitrogen and oxygen atoms in total. The van der Waals surface area contributed by atoms with Crippen molar-refractivity contribution in [3.05, 3.63) is 22.7 Å². The molecule has 6 heteroatoms. The first kappa shape index (κ1) is 11.3. The molecule has 0 saturated carbocycles. The van der Waals surface area contributed by atoms with Crippen LogP contribution in [0.3, 0.4) is 0 Å². The molecule has 0 aliphatic rings. The Balaban J connectivity index is 3.01. The smallest absolute Gasteiger partial charge is 0.229 e. The van der Waals surface area contributed by atoms with Crippen LogP contribution in [-0.2, 0) is 10.0 Å². The van der Waals surface area contributed by atoms with Crippen molar-refractivity contribution in [3.8, 4) is 5.75 Å². The highest BCUT2D eigenvalue weighted by atomic mass is 79.9. The van der Waals surface area contributed by atoms with Gasteiger partial charge in [0, 0.05) is 6.07 Å². The number of rotatable bonds is 3. The number of anilines is 1. The fourth-order valence-electron chi connectivity index (χ4n) is 0.937. The van der Waals surface area contributed by atoms with E-state index in [1.54, 1.807) is 18.2 Å². The number of sulfonamides is 1. The molecule has 0 atom stereocenters. The van der Waals surface area contributed by atoms with Crippen LogP contribution in [-0.4, -0.2) is 21.8 Å². The first-order valence-electron chi connectivity index (χ1n) is 3.74. The SMILES string of the molecule is COc1cc(NS(C)(=O)=O)ccc1Br. The molecule has 0 aliphatic heterocycles. The number of nitrogens with one attached hydrogen (secondary N) is 1. The summed E-state index contributed by atoms with van der Waals surface area (Å²) < 4.78 is 30.0. The molecule has 1 aromatic rings. The minimum atomic E-state index is -3.24. The van der Waals surface area contributed by atoms with Crippen molar-refractivity contribution in [2.45, 2.75) is 0 Å². The van der Waals surface area contributed by atoms with Crippen molar-refractivity contribution in [2.24, 2.45) is 0 Å². The van der Waals surface area contributed by atoms with Crippen LogP contribution in [0.1, 0.15) is 0 Å². The average molecular weight is 280 g/mol. The van der Waals surface area contributed by atoms with Crippen LogP contribution in [0.2, 0.25) is 0 Å². The molecular formula is C8H10BrNO3S. The first-order chi connectivity index (χ1) is 6.42. The number of benzene rings is 1. The third kappa shape index (κ3) is 3.19. The Bertz CT molecular complexity index is 430. The molecule has 1 N–H and O–H groups in total. The maximum absolute atomic E-state index is 10.9. The zero-order valence-electron chi connectivity index (χ0n) is 7.74. The average Bonchev–Trinajstić information content (AvgIpc) is 2.06. The molecule has 0 amide bonds. The molecule has 0 aromatic heterocycles. The van der Waals surface area contributed by atoms with Gasteiger partial charge in [-0.2, -0.15) is 0 Å². The Labute approximate surface area is 91.5 Å². The Morgan fingerprint density at radius 3 is 2.57 bits per heavy atom. The van der Waals surface area contributed by atoms with E-state index in [0.29, 0.717) is 11.4 Å². The second kappa shape index (κ2) is 4.18. The third-order valence-corrected chi connectivity index (χ3v) is 2.72. The summed E-state index contributed by atoms with van der Waals surface area (Å²) in [7, 11) is -1.72. The van der Waals surface area contributed by atoms with Crippen molar-refractivity contribution in [1.82, 2.24) is 0 Å². The van der Waals surface area contributed by atoms with Gasteiger partial charge in [-0.05, 0) is 28.1 Å². The molecule has 1 rings (SSSR count). The number of hydrogen-bond acceptors (Lipinski definition) is 3. The zero-order chi connectivity index (χ0) is 10.8. The number of hydrogen-bond donors (Lipinski definition) is 1. The van der Waals surface area contributed by atoms with E-state index < -0.39 is 10.0 Å². The molecule has 0 heterocycles. The minimum Gasteiger partial charge on any atom is -0.495 e. The highest BCUT2D eigenvalue weighted by molar-refractivity contribution is 9.10. The molecule has 0 unspecified atom stereocenters. The van der Waals surface area contributed by atoms with E-state index in [0.717, 1.165) is 10.7 Å². The van der Waals surface area contributed by atoms with E-state index in [-0.39, 0.29) is 0 Å². The summed E-state index contributed by atoms with van der Waals surface area (Å²) in [6.45, 7) is 0. The van der Waals surface area contributed by atoms with E-state index in [4.69, 9.17) is 4.74 Å². The topological polar surface area (TPSA) is 55.4 Å². The molecule has 0 saturated heterocycles. The van der Waals surface area contributed by atoms with Crippen molar-refractivity contribution in [3.63, 3.8) is 0 Å². The summed E-state index contributed by atoms with van der Waals surface area (Å²) in [5.74, 6) is 0.582. The Hall–Kier alpha value is -0.750. The van der Waals surface area contributed by atoms with Crippen LogP contribution in [0.15, 0.2) is 22.7 Å². The summed E-state index contributed by atoms with van der Waals surface area (Å²) in [6.07, 6.45) is 1.10. The molecule has 0 radical (unpaired) electrons. The second-order valence-corrected chi connectivity index (χ2v) is 5.33. The second-order valence-electron chi connectivity index (χ2n) is 2.72.